The van der Waals surface area contributed by atoms with Crippen LogP contribution in [0.1, 0.15) is 41.0 Å². The summed E-state index contributed by atoms with van der Waals surface area (Å²) in [6.45, 7) is 9.53. The predicted octanol–water partition coefficient (Wildman–Crippen LogP) is 1.40. The number of carbonyl (C=O) groups is 1. The first-order valence-corrected chi connectivity index (χ1v) is 7.36. The Balaban J connectivity index is 1.90. The van der Waals surface area contributed by atoms with E-state index in [1.165, 1.54) is 7.11 Å². The molecule has 1 aliphatic carbocycles. The SMILES string of the molecule is COC1O[C@@]2(C(=O)CC2OC(C)(C)C)[C@@H]2OC(C)(C)OC12. The highest BCUT2D eigenvalue weighted by molar-refractivity contribution is 5.96. The highest BCUT2D eigenvalue weighted by Crippen LogP contribution is 2.52. The topological polar surface area (TPSA) is 63.2 Å². The van der Waals surface area contributed by atoms with E-state index in [4.69, 9.17) is 23.7 Å². The maximum absolute atomic E-state index is 12.4. The Bertz CT molecular complexity index is 454. The second-order valence-electron chi connectivity index (χ2n) is 7.38. The third kappa shape index (κ3) is 2.24. The van der Waals surface area contributed by atoms with Crippen molar-refractivity contribution in [3.63, 3.8) is 0 Å². The molecule has 0 radical (unpaired) electrons. The summed E-state index contributed by atoms with van der Waals surface area (Å²) in [5.74, 6) is -0.766. The summed E-state index contributed by atoms with van der Waals surface area (Å²) in [6, 6.07) is 0. The van der Waals surface area contributed by atoms with Crippen molar-refractivity contribution in [3.8, 4) is 0 Å². The molecular weight excluding hydrogens is 276 g/mol. The Hall–Kier alpha value is -0.530. The van der Waals surface area contributed by atoms with Crippen molar-refractivity contribution in [3.05, 3.63) is 0 Å². The van der Waals surface area contributed by atoms with Crippen molar-refractivity contribution in [1.82, 2.24) is 0 Å². The van der Waals surface area contributed by atoms with E-state index in [1.54, 1.807) is 0 Å². The lowest BCUT2D eigenvalue weighted by Gasteiger charge is -2.48. The molecule has 3 unspecified atom stereocenters. The van der Waals surface area contributed by atoms with E-state index in [0.29, 0.717) is 6.42 Å². The van der Waals surface area contributed by atoms with Gasteiger partial charge in [0.1, 0.15) is 18.3 Å². The Kier molecular flexibility index (Phi) is 3.28. The van der Waals surface area contributed by atoms with Crippen LogP contribution in [-0.2, 0) is 28.5 Å². The quantitative estimate of drug-likeness (QED) is 0.768. The van der Waals surface area contributed by atoms with Crippen LogP contribution in [0.2, 0.25) is 0 Å². The van der Waals surface area contributed by atoms with Crippen molar-refractivity contribution in [2.24, 2.45) is 0 Å². The lowest BCUT2D eigenvalue weighted by atomic mass is 9.71. The minimum Gasteiger partial charge on any atom is -0.369 e. The highest BCUT2D eigenvalue weighted by atomic mass is 16.8. The van der Waals surface area contributed by atoms with Gasteiger partial charge in [0.2, 0.25) is 0 Å². The van der Waals surface area contributed by atoms with Crippen LogP contribution in [0.25, 0.3) is 0 Å². The first kappa shape index (κ1) is 15.4. The van der Waals surface area contributed by atoms with Gasteiger partial charge in [-0.1, -0.05) is 0 Å². The second-order valence-corrected chi connectivity index (χ2v) is 7.38. The molecule has 2 saturated heterocycles. The number of rotatable bonds is 2. The average Bonchev–Trinajstić information content (AvgIpc) is 2.79. The number of fused-ring (bicyclic) bond motifs is 2. The molecule has 3 fully saturated rings. The van der Waals surface area contributed by atoms with E-state index in [1.807, 2.05) is 34.6 Å². The van der Waals surface area contributed by atoms with Crippen molar-refractivity contribution < 1.29 is 28.5 Å². The summed E-state index contributed by atoms with van der Waals surface area (Å²) in [4.78, 5) is 12.4. The molecule has 1 saturated carbocycles. The van der Waals surface area contributed by atoms with Gasteiger partial charge < -0.3 is 23.7 Å². The van der Waals surface area contributed by atoms with Gasteiger partial charge >= 0.3 is 0 Å². The molecule has 3 rings (SSSR count). The maximum atomic E-state index is 12.4. The summed E-state index contributed by atoms with van der Waals surface area (Å²) in [7, 11) is 1.54. The smallest absolute Gasteiger partial charge is 0.187 e. The van der Waals surface area contributed by atoms with E-state index in [0.717, 1.165) is 0 Å². The average molecular weight is 300 g/mol. The molecule has 120 valence electrons. The van der Waals surface area contributed by atoms with E-state index in [-0.39, 0.29) is 17.5 Å². The van der Waals surface area contributed by atoms with E-state index in [9.17, 15) is 4.79 Å². The third-order valence-electron chi connectivity index (χ3n) is 4.14. The normalized spacial score (nSPS) is 45.0. The number of hydrogen-bond acceptors (Lipinski definition) is 6. The van der Waals surface area contributed by atoms with Crippen molar-refractivity contribution in [1.29, 1.82) is 0 Å². The van der Waals surface area contributed by atoms with Gasteiger partial charge in [-0.3, -0.25) is 4.79 Å². The summed E-state index contributed by atoms with van der Waals surface area (Å²) in [5.41, 5.74) is -1.47. The molecular formula is C15H24O6. The van der Waals surface area contributed by atoms with Crippen LogP contribution >= 0.6 is 0 Å². The maximum Gasteiger partial charge on any atom is 0.187 e. The fourth-order valence-electron chi connectivity index (χ4n) is 3.40. The summed E-state index contributed by atoms with van der Waals surface area (Å²) < 4.78 is 29.1. The third-order valence-corrected chi connectivity index (χ3v) is 4.14. The van der Waals surface area contributed by atoms with E-state index in [2.05, 4.69) is 0 Å². The lowest BCUT2D eigenvalue weighted by Crippen LogP contribution is -2.69. The summed E-state index contributed by atoms with van der Waals surface area (Å²) in [6.07, 6.45) is -1.53. The molecule has 6 nitrogen and oxygen atoms in total. The molecule has 2 aliphatic heterocycles. The molecule has 5 atom stereocenters. The van der Waals surface area contributed by atoms with Crippen molar-refractivity contribution in [2.75, 3.05) is 7.11 Å². The zero-order valence-electron chi connectivity index (χ0n) is 13.5. The number of carbonyl (C=O) groups excluding carboxylic acids is 1. The van der Waals surface area contributed by atoms with Crippen LogP contribution in [0, 0.1) is 0 Å². The zero-order chi connectivity index (χ0) is 15.6. The van der Waals surface area contributed by atoms with Crippen LogP contribution < -0.4 is 0 Å². The first-order chi connectivity index (χ1) is 9.59. The molecule has 0 N–H and O–H groups in total. The Morgan fingerprint density at radius 3 is 2.38 bits per heavy atom. The van der Waals surface area contributed by atoms with Crippen LogP contribution in [0.15, 0.2) is 0 Å². The molecule has 0 bridgehead atoms. The van der Waals surface area contributed by atoms with Crippen molar-refractivity contribution >= 4 is 5.78 Å². The zero-order valence-corrected chi connectivity index (χ0v) is 13.5. The Labute approximate surface area is 125 Å². The number of methoxy groups -OCH3 is 1. The van der Waals surface area contributed by atoms with Crippen LogP contribution in [0.4, 0.5) is 0 Å². The molecule has 21 heavy (non-hydrogen) atoms. The van der Waals surface area contributed by atoms with E-state index < -0.39 is 29.9 Å². The van der Waals surface area contributed by atoms with Gasteiger partial charge in [0.05, 0.1) is 5.60 Å². The van der Waals surface area contributed by atoms with Gasteiger partial charge in [-0.15, -0.1) is 0 Å². The molecule has 0 aromatic carbocycles. The minimum atomic E-state index is -1.10. The Morgan fingerprint density at radius 2 is 1.86 bits per heavy atom. The fourth-order valence-corrected chi connectivity index (χ4v) is 3.40. The van der Waals surface area contributed by atoms with Gasteiger partial charge in [0, 0.05) is 13.5 Å². The lowest BCUT2D eigenvalue weighted by molar-refractivity contribution is -0.286. The van der Waals surface area contributed by atoms with Gasteiger partial charge in [-0.2, -0.15) is 0 Å². The highest BCUT2D eigenvalue weighted by Gasteiger charge is 2.74. The van der Waals surface area contributed by atoms with E-state index >= 15 is 0 Å². The molecule has 6 heteroatoms. The molecule has 0 aromatic heterocycles. The largest absolute Gasteiger partial charge is 0.369 e. The van der Waals surface area contributed by atoms with Crippen LogP contribution in [0.3, 0.4) is 0 Å². The van der Waals surface area contributed by atoms with Crippen LogP contribution in [-0.4, -0.2) is 54.5 Å². The predicted molar refractivity (Wildman–Crippen MR) is 72.7 cm³/mol. The van der Waals surface area contributed by atoms with Gasteiger partial charge in [-0.05, 0) is 34.6 Å². The van der Waals surface area contributed by atoms with Gasteiger partial charge in [0.25, 0.3) is 0 Å². The van der Waals surface area contributed by atoms with Gasteiger partial charge in [0.15, 0.2) is 23.5 Å². The second kappa shape index (κ2) is 4.49. The number of ketones is 1. The molecule has 1 spiro atoms. The summed E-state index contributed by atoms with van der Waals surface area (Å²) in [5, 5.41) is 0. The number of Topliss-reactive ketones (excluding diaryl/α,β-unsaturated/α-hetero) is 1. The number of ether oxygens (including phenoxy) is 5. The molecule has 0 amide bonds. The molecule has 2 heterocycles. The monoisotopic (exact) mass is 300 g/mol. The molecule has 0 aromatic rings. The Morgan fingerprint density at radius 1 is 1.19 bits per heavy atom. The van der Waals surface area contributed by atoms with Gasteiger partial charge in [-0.25, -0.2) is 0 Å². The first-order valence-electron chi connectivity index (χ1n) is 7.36. The van der Waals surface area contributed by atoms with Crippen molar-refractivity contribution in [2.45, 2.75) is 82.6 Å². The van der Waals surface area contributed by atoms with Crippen LogP contribution in [0.5, 0.6) is 0 Å². The fraction of sp³-hybridized carbons (Fsp3) is 0.933. The molecule has 3 aliphatic rings. The minimum absolute atomic E-state index is 0.00685. The standard InChI is InChI=1S/C15H24O6/c1-13(2,3)18-9-7-8(16)15(9)11-10(12(17-6)21-15)19-14(4,5)20-11/h9-12H,7H2,1-6H3/t9?,10?,11-,12?,15-/m1/s1. The summed E-state index contributed by atoms with van der Waals surface area (Å²) >= 11 is 0. The number of hydrogen-bond donors (Lipinski definition) is 0.